The second kappa shape index (κ2) is 6.69. The van der Waals surface area contributed by atoms with E-state index in [0.717, 1.165) is 10.5 Å². The highest BCUT2D eigenvalue weighted by atomic mass is 16.5. The molecule has 1 saturated heterocycles. The van der Waals surface area contributed by atoms with Crippen molar-refractivity contribution in [1.82, 2.24) is 10.2 Å². The SMILES string of the molecule is C=CCOc1cccc(CCN2C(=O)CC(=O)NC2=O)c1. The van der Waals surface area contributed by atoms with Crippen LogP contribution in [0.5, 0.6) is 5.75 Å². The Morgan fingerprint density at radius 3 is 2.86 bits per heavy atom. The van der Waals surface area contributed by atoms with E-state index in [-0.39, 0.29) is 13.0 Å². The summed E-state index contributed by atoms with van der Waals surface area (Å²) in [5.74, 6) is -0.319. The number of urea groups is 1. The number of benzene rings is 1. The van der Waals surface area contributed by atoms with E-state index in [4.69, 9.17) is 4.74 Å². The van der Waals surface area contributed by atoms with Crippen molar-refractivity contribution in [2.45, 2.75) is 12.8 Å². The van der Waals surface area contributed by atoms with Crippen molar-refractivity contribution < 1.29 is 19.1 Å². The van der Waals surface area contributed by atoms with Gasteiger partial charge in [0.15, 0.2) is 0 Å². The van der Waals surface area contributed by atoms with Gasteiger partial charge in [-0.2, -0.15) is 0 Å². The summed E-state index contributed by atoms with van der Waals surface area (Å²) < 4.78 is 5.42. The number of barbiturate groups is 1. The Kier molecular flexibility index (Phi) is 4.71. The van der Waals surface area contributed by atoms with Crippen LogP contribution < -0.4 is 10.1 Å². The minimum absolute atomic E-state index is 0.225. The quantitative estimate of drug-likeness (QED) is 0.631. The Morgan fingerprint density at radius 2 is 2.14 bits per heavy atom. The zero-order valence-electron chi connectivity index (χ0n) is 11.5. The van der Waals surface area contributed by atoms with Crippen LogP contribution in [-0.2, 0) is 16.0 Å². The van der Waals surface area contributed by atoms with Crippen molar-refractivity contribution in [2.24, 2.45) is 0 Å². The lowest BCUT2D eigenvalue weighted by Gasteiger charge is -2.24. The number of carbonyl (C=O) groups is 3. The number of imide groups is 2. The summed E-state index contributed by atoms with van der Waals surface area (Å²) in [4.78, 5) is 35.3. The molecule has 1 fully saturated rings. The van der Waals surface area contributed by atoms with Gasteiger partial charge in [0, 0.05) is 6.54 Å². The first-order valence-corrected chi connectivity index (χ1v) is 6.57. The fraction of sp³-hybridized carbons (Fsp3) is 0.267. The van der Waals surface area contributed by atoms with Crippen molar-refractivity contribution in [1.29, 1.82) is 0 Å². The van der Waals surface area contributed by atoms with E-state index in [2.05, 4.69) is 11.9 Å². The van der Waals surface area contributed by atoms with Gasteiger partial charge in [-0.15, -0.1) is 0 Å². The summed E-state index contributed by atoms with van der Waals surface area (Å²) in [7, 11) is 0. The fourth-order valence-corrected chi connectivity index (χ4v) is 1.99. The highest BCUT2D eigenvalue weighted by molar-refractivity contribution is 6.14. The zero-order chi connectivity index (χ0) is 15.2. The second-order valence-corrected chi connectivity index (χ2v) is 4.57. The molecule has 0 unspecified atom stereocenters. The zero-order valence-corrected chi connectivity index (χ0v) is 11.5. The van der Waals surface area contributed by atoms with Crippen LogP contribution in [0.25, 0.3) is 0 Å². The molecular weight excluding hydrogens is 272 g/mol. The molecule has 1 aliphatic heterocycles. The molecule has 21 heavy (non-hydrogen) atoms. The van der Waals surface area contributed by atoms with Crippen LogP contribution in [-0.4, -0.2) is 35.9 Å². The molecule has 6 nitrogen and oxygen atoms in total. The van der Waals surface area contributed by atoms with Crippen molar-refractivity contribution in [3.8, 4) is 5.75 Å². The molecule has 1 aromatic carbocycles. The Balaban J connectivity index is 1.96. The summed E-state index contributed by atoms with van der Waals surface area (Å²) >= 11 is 0. The Hall–Kier alpha value is -2.63. The maximum atomic E-state index is 11.7. The molecule has 1 heterocycles. The number of ether oxygens (including phenoxy) is 1. The molecule has 1 N–H and O–H groups in total. The van der Waals surface area contributed by atoms with Crippen molar-refractivity contribution in [3.05, 3.63) is 42.5 Å². The molecule has 0 radical (unpaired) electrons. The average Bonchev–Trinajstić information content (AvgIpc) is 2.44. The van der Waals surface area contributed by atoms with Gasteiger partial charge in [0.1, 0.15) is 18.8 Å². The van der Waals surface area contributed by atoms with E-state index in [1.54, 1.807) is 6.08 Å². The highest BCUT2D eigenvalue weighted by Gasteiger charge is 2.30. The van der Waals surface area contributed by atoms with E-state index in [0.29, 0.717) is 18.8 Å². The smallest absolute Gasteiger partial charge is 0.330 e. The number of hydrogen-bond acceptors (Lipinski definition) is 4. The molecule has 0 atom stereocenters. The predicted octanol–water partition coefficient (Wildman–Crippen LogP) is 1.26. The first-order valence-electron chi connectivity index (χ1n) is 6.57. The number of carbonyl (C=O) groups excluding carboxylic acids is 3. The van der Waals surface area contributed by atoms with Gasteiger partial charge in [-0.25, -0.2) is 4.79 Å². The van der Waals surface area contributed by atoms with E-state index in [9.17, 15) is 14.4 Å². The van der Waals surface area contributed by atoms with Gasteiger partial charge in [0.25, 0.3) is 0 Å². The molecular formula is C15H16N2O4. The van der Waals surface area contributed by atoms with E-state index in [1.807, 2.05) is 24.3 Å². The van der Waals surface area contributed by atoms with Gasteiger partial charge >= 0.3 is 6.03 Å². The summed E-state index contributed by atoms with van der Waals surface area (Å²) in [6.07, 6.45) is 1.87. The normalized spacial score (nSPS) is 14.9. The lowest BCUT2D eigenvalue weighted by molar-refractivity contribution is -0.136. The number of rotatable bonds is 6. The van der Waals surface area contributed by atoms with Gasteiger partial charge in [0.05, 0.1) is 0 Å². The highest BCUT2D eigenvalue weighted by Crippen LogP contribution is 2.14. The monoisotopic (exact) mass is 288 g/mol. The minimum atomic E-state index is -0.657. The molecule has 0 spiro atoms. The van der Waals surface area contributed by atoms with Crippen molar-refractivity contribution in [2.75, 3.05) is 13.2 Å². The predicted molar refractivity (Wildman–Crippen MR) is 75.7 cm³/mol. The standard InChI is InChI=1S/C15H16N2O4/c1-2-8-21-12-5-3-4-11(9-12)6-7-17-14(19)10-13(18)16-15(17)20/h2-5,9H,1,6-8,10H2,(H,16,18,20). The Bertz CT molecular complexity index is 563. The van der Waals surface area contributed by atoms with Crippen LogP contribution in [0.3, 0.4) is 0 Å². The molecule has 2 rings (SSSR count). The van der Waals surface area contributed by atoms with Crippen LogP contribution >= 0.6 is 0 Å². The summed E-state index contributed by atoms with van der Waals surface area (Å²) in [5.41, 5.74) is 0.939. The summed E-state index contributed by atoms with van der Waals surface area (Å²) in [5, 5.41) is 2.13. The number of amides is 4. The first kappa shape index (κ1) is 14.8. The van der Waals surface area contributed by atoms with Gasteiger partial charge in [-0.3, -0.25) is 19.8 Å². The van der Waals surface area contributed by atoms with Gasteiger partial charge in [-0.05, 0) is 24.1 Å². The van der Waals surface area contributed by atoms with Crippen LogP contribution in [0.1, 0.15) is 12.0 Å². The Morgan fingerprint density at radius 1 is 1.33 bits per heavy atom. The Labute approximate surface area is 122 Å². The maximum absolute atomic E-state index is 11.7. The minimum Gasteiger partial charge on any atom is -0.490 e. The van der Waals surface area contributed by atoms with Crippen LogP contribution in [0.4, 0.5) is 4.79 Å². The van der Waals surface area contributed by atoms with Gasteiger partial charge in [-0.1, -0.05) is 24.8 Å². The number of hydrogen-bond donors (Lipinski definition) is 1. The third-order valence-electron chi connectivity index (χ3n) is 2.99. The maximum Gasteiger partial charge on any atom is 0.330 e. The van der Waals surface area contributed by atoms with Crippen LogP contribution in [0.15, 0.2) is 36.9 Å². The number of nitrogens with one attached hydrogen (secondary N) is 1. The largest absolute Gasteiger partial charge is 0.490 e. The average molecular weight is 288 g/mol. The molecule has 4 amide bonds. The molecule has 0 saturated carbocycles. The molecule has 1 aliphatic rings. The molecule has 6 heteroatoms. The third-order valence-corrected chi connectivity index (χ3v) is 2.99. The van der Waals surface area contributed by atoms with Crippen molar-refractivity contribution in [3.63, 3.8) is 0 Å². The molecule has 110 valence electrons. The van der Waals surface area contributed by atoms with Crippen LogP contribution in [0.2, 0.25) is 0 Å². The molecule has 0 aromatic heterocycles. The summed E-state index contributed by atoms with van der Waals surface area (Å²) in [6.45, 7) is 4.22. The lowest BCUT2D eigenvalue weighted by Crippen LogP contribution is -2.53. The topological polar surface area (TPSA) is 75.7 Å². The second-order valence-electron chi connectivity index (χ2n) is 4.57. The molecule has 0 aliphatic carbocycles. The van der Waals surface area contributed by atoms with Gasteiger partial charge in [0.2, 0.25) is 11.8 Å². The fourth-order valence-electron chi connectivity index (χ4n) is 1.99. The van der Waals surface area contributed by atoms with Crippen LogP contribution in [0, 0.1) is 0 Å². The lowest BCUT2D eigenvalue weighted by atomic mass is 10.1. The van der Waals surface area contributed by atoms with E-state index < -0.39 is 17.8 Å². The van der Waals surface area contributed by atoms with Gasteiger partial charge < -0.3 is 4.74 Å². The van der Waals surface area contributed by atoms with E-state index >= 15 is 0 Å². The summed E-state index contributed by atoms with van der Waals surface area (Å²) in [6, 6.07) is 6.74. The van der Waals surface area contributed by atoms with E-state index in [1.165, 1.54) is 0 Å². The molecule has 1 aromatic rings. The third kappa shape index (κ3) is 3.92. The first-order chi connectivity index (χ1) is 10.1. The number of nitrogens with zero attached hydrogens (tertiary/aromatic N) is 1. The van der Waals surface area contributed by atoms with Crippen molar-refractivity contribution >= 4 is 17.8 Å². The molecule has 0 bridgehead atoms.